The van der Waals surface area contributed by atoms with Crippen molar-refractivity contribution < 1.29 is 18.0 Å². The minimum Gasteiger partial charge on any atom is -0.335 e. The summed E-state index contributed by atoms with van der Waals surface area (Å²) in [5, 5.41) is 0. The van der Waals surface area contributed by atoms with Gasteiger partial charge in [-0.1, -0.05) is 40.2 Å². The summed E-state index contributed by atoms with van der Waals surface area (Å²) in [5.74, 6) is -0.530. The summed E-state index contributed by atoms with van der Waals surface area (Å²) in [6.45, 7) is 3.06. The van der Waals surface area contributed by atoms with Crippen LogP contribution in [0.3, 0.4) is 0 Å². The van der Waals surface area contributed by atoms with E-state index in [2.05, 4.69) is 36.6 Å². The number of halogens is 2. The zero-order valence-electron chi connectivity index (χ0n) is 18.9. The van der Waals surface area contributed by atoms with E-state index in [4.69, 9.17) is 0 Å². The van der Waals surface area contributed by atoms with Gasteiger partial charge >= 0.3 is 0 Å². The van der Waals surface area contributed by atoms with Gasteiger partial charge in [-0.25, -0.2) is 8.42 Å². The Morgan fingerprint density at radius 1 is 1.00 bits per heavy atom. The van der Waals surface area contributed by atoms with Crippen LogP contribution in [0.15, 0.2) is 80.6 Å². The average Bonchev–Trinajstić information content (AvgIpc) is 2.83. The minimum atomic E-state index is -3.93. The molecule has 1 N–H and O–H groups in total. The summed E-state index contributed by atoms with van der Waals surface area (Å²) in [6, 6.07) is 18.9. The number of hydrogen-bond acceptors (Lipinski definition) is 4. The molecule has 2 amide bonds. The van der Waals surface area contributed by atoms with Gasteiger partial charge < -0.3 is 9.80 Å². The second-order valence-electron chi connectivity index (χ2n) is 8.29. The van der Waals surface area contributed by atoms with Gasteiger partial charge in [0.1, 0.15) is 6.54 Å². The number of carbonyl (C=O) groups excluding carboxylic acids is 2. The third kappa shape index (κ3) is 6.12. The number of benzene rings is 3. The van der Waals surface area contributed by atoms with Gasteiger partial charge in [0.15, 0.2) is 0 Å². The van der Waals surface area contributed by atoms with Crippen molar-refractivity contribution in [3.05, 3.63) is 92.4 Å². The maximum absolute atomic E-state index is 13.1. The third-order valence-corrected chi connectivity index (χ3v) is 8.23. The molecule has 3 aromatic carbocycles. The molecule has 1 heterocycles. The highest BCUT2D eigenvalue weighted by atomic mass is 79.9. The molecule has 0 unspecified atom stereocenters. The van der Waals surface area contributed by atoms with Crippen molar-refractivity contribution in [2.45, 2.75) is 18.4 Å². The minimum absolute atomic E-state index is 0.0306. The molecular weight excluding hydrogens is 598 g/mol. The maximum Gasteiger partial charge on any atom is 0.261 e. The Hall–Kier alpha value is -2.69. The van der Waals surface area contributed by atoms with Crippen LogP contribution in [0.2, 0.25) is 0 Å². The number of hydrogen-bond donors (Lipinski definition) is 1. The van der Waals surface area contributed by atoms with Gasteiger partial charge in [0, 0.05) is 34.1 Å². The van der Waals surface area contributed by atoms with Crippen LogP contribution in [0.4, 0.5) is 5.69 Å². The van der Waals surface area contributed by atoms with Crippen molar-refractivity contribution in [1.29, 1.82) is 0 Å². The SMILES string of the molecule is Cc1ccc(Br)c(NS(=O)(=O)c2cccc(C(=O)N3CCN(Cc4ccc(Br)cc4)C(=O)C3)c2)c1. The lowest BCUT2D eigenvalue weighted by molar-refractivity contribution is -0.135. The predicted octanol–water partition coefficient (Wildman–Crippen LogP) is 4.81. The molecule has 0 aliphatic carbocycles. The maximum atomic E-state index is 13.1. The van der Waals surface area contributed by atoms with E-state index in [1.54, 1.807) is 23.1 Å². The monoisotopic (exact) mass is 619 g/mol. The first-order valence-electron chi connectivity index (χ1n) is 10.8. The van der Waals surface area contributed by atoms with Gasteiger partial charge in [0.05, 0.1) is 10.6 Å². The summed E-state index contributed by atoms with van der Waals surface area (Å²) in [7, 11) is -3.93. The van der Waals surface area contributed by atoms with E-state index in [-0.39, 0.29) is 28.8 Å². The molecule has 35 heavy (non-hydrogen) atoms. The molecule has 4 rings (SSSR count). The topological polar surface area (TPSA) is 86.8 Å². The fourth-order valence-corrected chi connectivity index (χ4v) is 5.62. The van der Waals surface area contributed by atoms with E-state index in [0.29, 0.717) is 29.8 Å². The van der Waals surface area contributed by atoms with Crippen LogP contribution in [-0.2, 0) is 21.4 Å². The van der Waals surface area contributed by atoms with Crippen LogP contribution in [-0.4, -0.2) is 49.7 Å². The summed E-state index contributed by atoms with van der Waals surface area (Å²) < 4.78 is 30.1. The first-order valence-corrected chi connectivity index (χ1v) is 13.9. The van der Waals surface area contributed by atoms with Crippen LogP contribution in [0.25, 0.3) is 0 Å². The molecule has 1 aliphatic heterocycles. The van der Waals surface area contributed by atoms with E-state index in [0.717, 1.165) is 15.6 Å². The number of carbonyl (C=O) groups is 2. The third-order valence-electron chi connectivity index (χ3n) is 5.65. The largest absolute Gasteiger partial charge is 0.335 e. The van der Waals surface area contributed by atoms with E-state index >= 15 is 0 Å². The number of amides is 2. The fraction of sp³-hybridized carbons (Fsp3) is 0.200. The first-order chi connectivity index (χ1) is 16.6. The highest BCUT2D eigenvalue weighted by molar-refractivity contribution is 9.10. The second kappa shape index (κ2) is 10.5. The number of rotatable bonds is 6. The molecule has 1 aliphatic rings. The number of sulfonamides is 1. The molecule has 0 spiro atoms. The molecule has 0 bridgehead atoms. The van der Waals surface area contributed by atoms with Crippen LogP contribution < -0.4 is 4.72 Å². The highest BCUT2D eigenvalue weighted by Crippen LogP contribution is 2.26. The molecule has 0 aromatic heterocycles. The van der Waals surface area contributed by atoms with Gasteiger partial charge in [-0.2, -0.15) is 0 Å². The zero-order chi connectivity index (χ0) is 25.2. The van der Waals surface area contributed by atoms with Crippen LogP contribution in [0.1, 0.15) is 21.5 Å². The van der Waals surface area contributed by atoms with Crippen molar-refractivity contribution in [2.24, 2.45) is 0 Å². The summed E-state index contributed by atoms with van der Waals surface area (Å²) in [5.41, 5.74) is 2.53. The van der Waals surface area contributed by atoms with Crippen molar-refractivity contribution in [1.82, 2.24) is 9.80 Å². The quantitative estimate of drug-likeness (QED) is 0.429. The van der Waals surface area contributed by atoms with Crippen LogP contribution in [0.5, 0.6) is 0 Å². The molecule has 0 atom stereocenters. The fourth-order valence-electron chi connectivity index (χ4n) is 3.76. The Balaban J connectivity index is 1.45. The lowest BCUT2D eigenvalue weighted by atomic mass is 10.1. The lowest BCUT2D eigenvalue weighted by Crippen LogP contribution is -2.51. The van der Waals surface area contributed by atoms with Crippen molar-refractivity contribution >= 4 is 59.4 Å². The number of aryl methyl sites for hydroxylation is 1. The predicted molar refractivity (Wildman–Crippen MR) is 142 cm³/mol. The molecule has 182 valence electrons. The summed E-state index contributed by atoms with van der Waals surface area (Å²) >= 11 is 6.75. The van der Waals surface area contributed by atoms with Gasteiger partial charge in [-0.15, -0.1) is 0 Å². The molecule has 10 heteroatoms. The van der Waals surface area contributed by atoms with E-state index in [9.17, 15) is 18.0 Å². The van der Waals surface area contributed by atoms with Gasteiger partial charge in [-0.3, -0.25) is 14.3 Å². The highest BCUT2D eigenvalue weighted by Gasteiger charge is 2.28. The molecule has 1 fully saturated rings. The van der Waals surface area contributed by atoms with E-state index < -0.39 is 10.0 Å². The van der Waals surface area contributed by atoms with Crippen molar-refractivity contribution in [3.63, 3.8) is 0 Å². The number of nitrogens with one attached hydrogen (secondary N) is 1. The molecular formula is C25H23Br2N3O4S. The Morgan fingerprint density at radius 2 is 1.74 bits per heavy atom. The average molecular weight is 621 g/mol. The van der Waals surface area contributed by atoms with Gasteiger partial charge in [0.25, 0.3) is 15.9 Å². The van der Waals surface area contributed by atoms with Crippen LogP contribution in [0, 0.1) is 6.92 Å². The molecule has 1 saturated heterocycles. The summed E-state index contributed by atoms with van der Waals surface area (Å²) in [4.78, 5) is 29.0. The Kier molecular flexibility index (Phi) is 7.63. The first kappa shape index (κ1) is 25.4. The lowest BCUT2D eigenvalue weighted by Gasteiger charge is -2.34. The Labute approximate surface area is 221 Å². The van der Waals surface area contributed by atoms with E-state index in [1.807, 2.05) is 37.3 Å². The second-order valence-corrected chi connectivity index (χ2v) is 11.7. The Bertz CT molecular complexity index is 1380. The molecule has 0 radical (unpaired) electrons. The smallest absolute Gasteiger partial charge is 0.261 e. The standard InChI is InChI=1S/C25H23Br2N3O4S/c1-17-5-10-22(27)23(13-17)28-35(33,34)21-4-2-3-19(14-21)25(32)30-12-11-29(24(31)16-30)15-18-6-8-20(26)9-7-18/h2-10,13-14,28H,11-12,15-16H2,1H3. The molecule has 0 saturated carbocycles. The number of piperazine rings is 1. The molecule has 7 nitrogen and oxygen atoms in total. The van der Waals surface area contributed by atoms with Crippen LogP contribution >= 0.6 is 31.9 Å². The van der Waals surface area contributed by atoms with Gasteiger partial charge in [0.2, 0.25) is 5.91 Å². The van der Waals surface area contributed by atoms with Gasteiger partial charge in [-0.05, 0) is 76.4 Å². The zero-order valence-corrected chi connectivity index (χ0v) is 22.9. The summed E-state index contributed by atoms with van der Waals surface area (Å²) in [6.07, 6.45) is 0. The van der Waals surface area contributed by atoms with Crippen molar-refractivity contribution in [3.8, 4) is 0 Å². The van der Waals surface area contributed by atoms with E-state index in [1.165, 1.54) is 23.1 Å². The number of nitrogens with zero attached hydrogens (tertiary/aromatic N) is 2. The normalized spacial score (nSPS) is 14.2. The van der Waals surface area contributed by atoms with Crippen molar-refractivity contribution in [2.75, 3.05) is 24.4 Å². The Morgan fingerprint density at radius 3 is 2.46 bits per heavy atom. The number of anilines is 1. The molecule has 3 aromatic rings.